The van der Waals surface area contributed by atoms with E-state index in [1.807, 2.05) is 30.3 Å². The van der Waals surface area contributed by atoms with Crippen molar-refractivity contribution in [2.45, 2.75) is 25.7 Å². The Kier molecular flexibility index (Phi) is 3.10. The molecule has 0 N–H and O–H groups in total. The van der Waals surface area contributed by atoms with E-state index in [0.717, 1.165) is 45.8 Å². The van der Waals surface area contributed by atoms with Gasteiger partial charge in [0.25, 0.3) is 0 Å². The van der Waals surface area contributed by atoms with Crippen LogP contribution in [0.25, 0.3) is 9.81 Å². The summed E-state index contributed by atoms with van der Waals surface area (Å²) in [5.41, 5.74) is 4.44. The van der Waals surface area contributed by atoms with Gasteiger partial charge in [0.1, 0.15) is 0 Å². The maximum atomic E-state index is 13.4. The lowest BCUT2D eigenvalue weighted by Gasteiger charge is -2.32. The molecular formula is C20H16O2S2. The zero-order valence-corrected chi connectivity index (χ0v) is 14.7. The zero-order chi connectivity index (χ0) is 16.3. The summed E-state index contributed by atoms with van der Waals surface area (Å²) in [5.74, 6) is 0. The minimum atomic E-state index is -3.40. The van der Waals surface area contributed by atoms with Crippen LogP contribution in [0.4, 0.5) is 0 Å². The van der Waals surface area contributed by atoms with E-state index in [2.05, 4.69) is 18.2 Å². The molecule has 0 saturated carbocycles. The smallest absolute Gasteiger partial charge is 0.205 e. The van der Waals surface area contributed by atoms with Crippen molar-refractivity contribution in [3.05, 3.63) is 80.6 Å². The molecule has 4 heteroatoms. The van der Waals surface area contributed by atoms with Gasteiger partial charge in [0.05, 0.1) is 9.81 Å². The highest BCUT2D eigenvalue weighted by molar-refractivity contribution is 8.17. The molecule has 0 unspecified atom stereocenters. The first-order chi connectivity index (χ1) is 11.7. The van der Waals surface area contributed by atoms with Crippen molar-refractivity contribution >= 4 is 31.4 Å². The summed E-state index contributed by atoms with van der Waals surface area (Å²) in [7, 11) is -3.40. The maximum absolute atomic E-state index is 13.4. The van der Waals surface area contributed by atoms with Gasteiger partial charge in [-0.05, 0) is 47.9 Å². The largest absolute Gasteiger partial charge is 0.219 e. The third-order valence-corrected chi connectivity index (χ3v) is 8.74. The Morgan fingerprint density at radius 2 is 1.38 bits per heavy atom. The highest BCUT2D eigenvalue weighted by Crippen LogP contribution is 2.55. The lowest BCUT2D eigenvalue weighted by molar-refractivity contribution is 0.609. The Morgan fingerprint density at radius 3 is 2.17 bits per heavy atom. The predicted octanol–water partition coefficient (Wildman–Crippen LogP) is 4.78. The molecule has 0 atom stereocenters. The first kappa shape index (κ1) is 14.6. The van der Waals surface area contributed by atoms with Crippen LogP contribution in [0, 0.1) is 0 Å². The maximum Gasteiger partial charge on any atom is 0.205 e. The molecule has 3 aliphatic rings. The van der Waals surface area contributed by atoms with E-state index in [9.17, 15) is 8.42 Å². The second-order valence-corrected chi connectivity index (χ2v) is 9.44. The molecule has 2 aromatic rings. The van der Waals surface area contributed by atoms with Crippen LogP contribution in [0.1, 0.15) is 35.1 Å². The van der Waals surface area contributed by atoms with Crippen LogP contribution >= 0.6 is 11.8 Å². The molecule has 0 radical (unpaired) electrons. The Morgan fingerprint density at radius 1 is 0.750 bits per heavy atom. The molecule has 2 aromatic carbocycles. The second-order valence-electron chi connectivity index (χ2n) is 6.42. The van der Waals surface area contributed by atoms with E-state index in [1.54, 1.807) is 11.8 Å². The molecule has 1 heterocycles. The molecule has 5 rings (SSSR count). The van der Waals surface area contributed by atoms with Gasteiger partial charge in [-0.1, -0.05) is 60.3 Å². The van der Waals surface area contributed by atoms with Crippen molar-refractivity contribution in [2.75, 3.05) is 0 Å². The summed E-state index contributed by atoms with van der Waals surface area (Å²) in [6.07, 6.45) is 3.15. The average Bonchev–Trinajstić information content (AvgIpc) is 2.61. The molecule has 0 spiro atoms. The number of fused-ring (bicyclic) bond motifs is 4. The van der Waals surface area contributed by atoms with Crippen LogP contribution in [0.5, 0.6) is 0 Å². The van der Waals surface area contributed by atoms with Gasteiger partial charge in [-0.2, -0.15) is 0 Å². The first-order valence-corrected chi connectivity index (χ1v) is 10.5. The fourth-order valence-corrected chi connectivity index (χ4v) is 7.90. The van der Waals surface area contributed by atoms with Crippen molar-refractivity contribution in [2.24, 2.45) is 0 Å². The number of aryl methyl sites for hydroxylation is 2. The van der Waals surface area contributed by atoms with Crippen molar-refractivity contribution < 1.29 is 8.42 Å². The van der Waals surface area contributed by atoms with E-state index in [4.69, 9.17) is 0 Å². The Balaban J connectivity index is 1.75. The molecule has 120 valence electrons. The van der Waals surface area contributed by atoms with E-state index < -0.39 is 9.84 Å². The van der Waals surface area contributed by atoms with E-state index in [-0.39, 0.29) is 0 Å². The third-order valence-electron chi connectivity index (χ3n) is 5.09. The number of sulfone groups is 1. The molecule has 0 aromatic heterocycles. The Bertz CT molecular complexity index is 1040. The molecule has 0 amide bonds. The molecule has 24 heavy (non-hydrogen) atoms. The Hall–Kier alpha value is -1.78. The van der Waals surface area contributed by atoms with Crippen molar-refractivity contribution in [1.82, 2.24) is 0 Å². The lowest BCUT2D eigenvalue weighted by Crippen LogP contribution is -2.20. The lowest BCUT2D eigenvalue weighted by atomic mass is 9.96. The normalized spacial score (nSPS) is 20.8. The Labute approximate surface area is 146 Å². The first-order valence-electron chi connectivity index (χ1n) is 8.22. The summed E-state index contributed by atoms with van der Waals surface area (Å²) in [6.45, 7) is 0. The summed E-state index contributed by atoms with van der Waals surface area (Å²) in [5, 5.41) is 0. The van der Waals surface area contributed by atoms with E-state index in [0.29, 0.717) is 16.2 Å². The van der Waals surface area contributed by atoms with Gasteiger partial charge in [-0.3, -0.25) is 0 Å². The number of hydrogen-bond donors (Lipinski definition) is 0. The van der Waals surface area contributed by atoms with Crippen LogP contribution in [-0.4, -0.2) is 8.42 Å². The van der Waals surface area contributed by atoms with Crippen LogP contribution in [0.3, 0.4) is 0 Å². The molecule has 0 bridgehead atoms. The van der Waals surface area contributed by atoms with Gasteiger partial charge >= 0.3 is 0 Å². The minimum absolute atomic E-state index is 0.576. The van der Waals surface area contributed by atoms with Crippen molar-refractivity contribution in [3.8, 4) is 0 Å². The minimum Gasteiger partial charge on any atom is -0.219 e. The van der Waals surface area contributed by atoms with Crippen molar-refractivity contribution in [1.29, 1.82) is 0 Å². The van der Waals surface area contributed by atoms with E-state index in [1.165, 1.54) is 5.56 Å². The fourth-order valence-electron chi connectivity index (χ4n) is 3.95. The molecule has 0 fully saturated rings. The van der Waals surface area contributed by atoms with Crippen LogP contribution < -0.4 is 0 Å². The monoisotopic (exact) mass is 352 g/mol. The van der Waals surface area contributed by atoms with Gasteiger partial charge in [-0.15, -0.1) is 0 Å². The molecular weight excluding hydrogens is 336 g/mol. The number of allylic oxidation sites excluding steroid dienone is 2. The highest BCUT2D eigenvalue weighted by atomic mass is 32.2. The summed E-state index contributed by atoms with van der Waals surface area (Å²) < 4.78 is 26.8. The van der Waals surface area contributed by atoms with Gasteiger partial charge in [-0.25, -0.2) is 8.42 Å². The number of thioether (sulfide) groups is 1. The SMILES string of the molecule is O=S1(=O)C2=C(SC3=C1c1ccccc1CC3)c1ccccc1CC2. The molecule has 1 aliphatic heterocycles. The van der Waals surface area contributed by atoms with Crippen LogP contribution in [-0.2, 0) is 22.7 Å². The summed E-state index contributed by atoms with van der Waals surface area (Å²) in [4.78, 5) is 3.19. The standard InChI is InChI=1S/C20H16O2S2/c21-24(22)18-12-10-13-5-1-3-7-15(13)19(18)23-17-11-9-14-6-2-4-8-16(14)20(17)24/h1-8H,9-12H2. The number of benzene rings is 2. The van der Waals surface area contributed by atoms with Crippen LogP contribution in [0.15, 0.2) is 58.3 Å². The van der Waals surface area contributed by atoms with Crippen molar-refractivity contribution in [3.63, 3.8) is 0 Å². The summed E-state index contributed by atoms with van der Waals surface area (Å²) >= 11 is 1.69. The number of hydrogen-bond acceptors (Lipinski definition) is 3. The fraction of sp³-hybridized carbons (Fsp3) is 0.200. The molecule has 0 saturated heterocycles. The quantitative estimate of drug-likeness (QED) is 0.684. The van der Waals surface area contributed by atoms with Gasteiger partial charge in [0.2, 0.25) is 9.84 Å². The average molecular weight is 352 g/mol. The third kappa shape index (κ3) is 1.93. The van der Waals surface area contributed by atoms with E-state index >= 15 is 0 Å². The molecule has 2 nitrogen and oxygen atoms in total. The predicted molar refractivity (Wildman–Crippen MR) is 99.9 cm³/mol. The van der Waals surface area contributed by atoms with Gasteiger partial charge in [0.15, 0.2) is 0 Å². The molecule has 2 aliphatic carbocycles. The topological polar surface area (TPSA) is 34.1 Å². The zero-order valence-electron chi connectivity index (χ0n) is 13.1. The van der Waals surface area contributed by atoms with Crippen LogP contribution in [0.2, 0.25) is 0 Å². The van der Waals surface area contributed by atoms with Gasteiger partial charge < -0.3 is 0 Å². The number of rotatable bonds is 0. The highest BCUT2D eigenvalue weighted by Gasteiger charge is 2.40. The van der Waals surface area contributed by atoms with Gasteiger partial charge in [0, 0.05) is 9.81 Å². The second kappa shape index (κ2) is 5.11. The summed E-state index contributed by atoms with van der Waals surface area (Å²) in [6, 6.07) is 16.2.